The fourth-order valence-electron chi connectivity index (χ4n) is 3.66. The van der Waals surface area contributed by atoms with Crippen molar-refractivity contribution in [2.75, 3.05) is 9.62 Å². The molecule has 0 fully saturated rings. The van der Waals surface area contributed by atoms with E-state index in [1.165, 1.54) is 57.8 Å². The molecule has 0 saturated carbocycles. The number of anilines is 2. The largest absolute Gasteiger partial charge is 1.00 e. The summed E-state index contributed by atoms with van der Waals surface area (Å²) in [5, 5.41) is 3.17. The van der Waals surface area contributed by atoms with Crippen molar-refractivity contribution in [3.8, 4) is 0 Å². The van der Waals surface area contributed by atoms with Crippen LogP contribution in [0.3, 0.4) is 0 Å². The number of nitrogens with one attached hydrogen (secondary N) is 1. The molecule has 1 aliphatic heterocycles. The second-order valence-corrected chi connectivity index (χ2v) is 8.50. The molecule has 1 aliphatic rings. The van der Waals surface area contributed by atoms with Gasteiger partial charge in [0.05, 0.1) is 11.4 Å². The van der Waals surface area contributed by atoms with Crippen molar-refractivity contribution in [3.05, 3.63) is 24.3 Å². The molecule has 148 valence electrons. The van der Waals surface area contributed by atoms with Crippen LogP contribution in [0.15, 0.2) is 24.3 Å². The number of para-hydroxylation sites is 2. The predicted molar refractivity (Wildman–Crippen MR) is 107 cm³/mol. The van der Waals surface area contributed by atoms with Crippen LogP contribution < -0.4 is 61.0 Å². The van der Waals surface area contributed by atoms with Crippen molar-refractivity contribution in [2.45, 2.75) is 90.1 Å². The van der Waals surface area contributed by atoms with Crippen LogP contribution in [0.2, 0.25) is 0 Å². The minimum atomic E-state index is -4.51. The van der Waals surface area contributed by atoms with Gasteiger partial charge in [-0.25, -0.2) is 8.42 Å². The van der Waals surface area contributed by atoms with Crippen molar-refractivity contribution >= 4 is 21.7 Å². The van der Waals surface area contributed by atoms with E-state index in [1.807, 2.05) is 12.1 Å². The number of fused-ring (bicyclic) bond motifs is 1. The minimum absolute atomic E-state index is 0. The summed E-state index contributed by atoms with van der Waals surface area (Å²) in [5.74, 6) is 0. The Morgan fingerprint density at radius 1 is 0.926 bits per heavy atom. The fourth-order valence-corrected chi connectivity index (χ4v) is 4.53. The third-order valence-electron chi connectivity index (χ3n) is 5.07. The van der Waals surface area contributed by atoms with Crippen LogP contribution in [-0.4, -0.2) is 19.1 Å². The molecule has 1 aromatic carbocycles. The molecule has 1 heterocycles. The quantitative estimate of drug-likeness (QED) is 0.302. The van der Waals surface area contributed by atoms with Crippen LogP contribution in [-0.2, 0) is 10.3 Å². The average Bonchev–Trinajstić information content (AvgIpc) is 2.98. The zero-order chi connectivity index (χ0) is 18.8. The van der Waals surface area contributed by atoms with Crippen LogP contribution >= 0.6 is 0 Å². The van der Waals surface area contributed by atoms with E-state index in [2.05, 4.69) is 12.2 Å². The van der Waals surface area contributed by atoms with Gasteiger partial charge >= 0.3 is 51.4 Å². The maximum atomic E-state index is 11.6. The summed E-state index contributed by atoms with van der Waals surface area (Å²) < 4.78 is 35.9. The molecule has 0 spiro atoms. The zero-order valence-corrected chi connectivity index (χ0v) is 20.9. The Bertz CT molecular complexity index is 640. The van der Waals surface area contributed by atoms with E-state index >= 15 is 0 Å². The Morgan fingerprint density at radius 3 is 2.00 bits per heavy atom. The minimum Gasteiger partial charge on any atom is -0.731 e. The maximum Gasteiger partial charge on any atom is 1.00 e. The van der Waals surface area contributed by atoms with Crippen LogP contribution in [0.25, 0.3) is 0 Å². The Hall–Kier alpha value is 0.366. The van der Waals surface area contributed by atoms with E-state index in [1.54, 1.807) is 12.1 Å². The summed E-state index contributed by atoms with van der Waals surface area (Å²) in [7, 11) is -4.51. The molecule has 1 atom stereocenters. The molecule has 5 nitrogen and oxygen atoms in total. The molecular formula is C20H33KN2O3S. The van der Waals surface area contributed by atoms with Crippen LogP contribution in [0.1, 0.15) is 84.0 Å². The SMILES string of the molecule is CCCCCCCCCCCCCC1Nc2ccccc2N1S(=O)(=O)[O-].[K+]. The van der Waals surface area contributed by atoms with E-state index in [0.717, 1.165) is 22.8 Å². The third kappa shape index (κ3) is 8.72. The van der Waals surface area contributed by atoms with Gasteiger partial charge in [-0.3, -0.25) is 4.31 Å². The second-order valence-electron chi connectivity index (χ2n) is 7.26. The number of hydrogen-bond acceptors (Lipinski definition) is 4. The first-order valence-electron chi connectivity index (χ1n) is 10.1. The molecule has 1 unspecified atom stereocenters. The van der Waals surface area contributed by atoms with Crippen LogP contribution in [0, 0.1) is 0 Å². The summed E-state index contributed by atoms with van der Waals surface area (Å²) in [4.78, 5) is 0. The zero-order valence-electron chi connectivity index (χ0n) is 17.0. The van der Waals surface area contributed by atoms with Crippen LogP contribution in [0.5, 0.6) is 0 Å². The smallest absolute Gasteiger partial charge is 0.731 e. The number of rotatable bonds is 13. The van der Waals surface area contributed by atoms with Gasteiger partial charge in [-0.15, -0.1) is 0 Å². The van der Waals surface area contributed by atoms with Crippen LogP contribution in [0.4, 0.5) is 11.4 Å². The predicted octanol–water partition coefficient (Wildman–Crippen LogP) is 2.41. The Labute approximate surface area is 208 Å². The molecule has 0 aromatic heterocycles. The first kappa shape index (κ1) is 25.4. The molecule has 1 aromatic rings. The van der Waals surface area contributed by atoms with E-state index in [9.17, 15) is 13.0 Å². The van der Waals surface area contributed by atoms with Gasteiger partial charge in [0.2, 0.25) is 0 Å². The van der Waals surface area contributed by atoms with E-state index in [4.69, 9.17) is 0 Å². The number of benzene rings is 1. The number of unbranched alkanes of at least 4 members (excludes halogenated alkanes) is 10. The van der Waals surface area contributed by atoms with Gasteiger partial charge in [-0.2, -0.15) is 0 Å². The molecule has 0 bridgehead atoms. The summed E-state index contributed by atoms with van der Waals surface area (Å²) >= 11 is 0. The second kappa shape index (κ2) is 13.6. The molecule has 7 heteroatoms. The van der Waals surface area contributed by atoms with Gasteiger partial charge in [-0.1, -0.05) is 83.3 Å². The topological polar surface area (TPSA) is 72.5 Å². The number of nitrogens with zero attached hydrogens (tertiary/aromatic N) is 1. The van der Waals surface area contributed by atoms with E-state index in [-0.39, 0.29) is 51.4 Å². The third-order valence-corrected chi connectivity index (χ3v) is 6.00. The van der Waals surface area contributed by atoms with E-state index in [0.29, 0.717) is 12.1 Å². The van der Waals surface area contributed by atoms with Crippen molar-refractivity contribution in [2.24, 2.45) is 0 Å². The van der Waals surface area contributed by atoms with Crippen molar-refractivity contribution < 1.29 is 64.4 Å². The summed E-state index contributed by atoms with van der Waals surface area (Å²) in [6.45, 7) is 2.24. The molecule has 0 amide bonds. The summed E-state index contributed by atoms with van der Waals surface area (Å²) in [6, 6.07) is 7.09. The van der Waals surface area contributed by atoms with Gasteiger partial charge in [-0.05, 0) is 25.0 Å². The molecule has 2 rings (SSSR count). The van der Waals surface area contributed by atoms with Gasteiger partial charge in [0.25, 0.3) is 0 Å². The summed E-state index contributed by atoms with van der Waals surface area (Å²) in [6.07, 6.45) is 14.0. The molecule has 1 N–H and O–H groups in total. The molecule has 0 saturated heterocycles. The molecule has 27 heavy (non-hydrogen) atoms. The van der Waals surface area contributed by atoms with Crippen molar-refractivity contribution in [1.82, 2.24) is 0 Å². The van der Waals surface area contributed by atoms with Gasteiger partial charge in [0, 0.05) is 0 Å². The normalized spacial score (nSPS) is 15.9. The summed E-state index contributed by atoms with van der Waals surface area (Å²) in [5.41, 5.74) is 1.19. The average molecular weight is 421 g/mol. The molecular weight excluding hydrogens is 387 g/mol. The first-order chi connectivity index (χ1) is 12.5. The van der Waals surface area contributed by atoms with Crippen molar-refractivity contribution in [3.63, 3.8) is 0 Å². The Morgan fingerprint density at radius 2 is 1.44 bits per heavy atom. The van der Waals surface area contributed by atoms with Gasteiger partial charge < -0.3 is 9.87 Å². The Kier molecular flexibility index (Phi) is 12.8. The number of hydrogen-bond donors (Lipinski definition) is 1. The Balaban J connectivity index is 0.00000364. The fraction of sp³-hybridized carbons (Fsp3) is 0.700. The standard InChI is InChI=1S/C20H34N2O3S.K/c1-2-3-4-5-6-7-8-9-10-11-12-17-20-21-18-15-13-14-16-19(18)22(20)26(23,24)25;/h13-16,20-21H,2-12,17H2,1H3,(H,23,24,25);/q;+1/p-1. The van der Waals surface area contributed by atoms with Gasteiger partial charge in [0.1, 0.15) is 6.17 Å². The van der Waals surface area contributed by atoms with Gasteiger partial charge in [0.15, 0.2) is 10.3 Å². The monoisotopic (exact) mass is 420 g/mol. The van der Waals surface area contributed by atoms with E-state index < -0.39 is 16.5 Å². The van der Waals surface area contributed by atoms with Crippen molar-refractivity contribution in [1.29, 1.82) is 0 Å². The molecule has 0 radical (unpaired) electrons. The molecule has 0 aliphatic carbocycles. The first-order valence-corrected chi connectivity index (χ1v) is 11.5. The maximum absolute atomic E-state index is 11.6.